The highest BCUT2D eigenvalue weighted by molar-refractivity contribution is 6.56. The maximum absolute atomic E-state index is 5.90. The molecule has 0 aromatic rings. The van der Waals surface area contributed by atoms with E-state index in [1.54, 1.807) is 0 Å². The first-order chi connectivity index (χ1) is 5.75. The normalized spacial score (nSPS) is 35.8. The van der Waals surface area contributed by atoms with E-state index in [2.05, 4.69) is 26.1 Å². The van der Waals surface area contributed by atoms with E-state index in [4.69, 9.17) is 4.43 Å². The van der Waals surface area contributed by atoms with Crippen LogP contribution in [0.25, 0.3) is 0 Å². The van der Waals surface area contributed by atoms with Crippen molar-refractivity contribution in [2.45, 2.75) is 44.7 Å². The molecule has 0 spiro atoms. The molecular weight excluding hydrogens is 166 g/mol. The summed E-state index contributed by atoms with van der Waals surface area (Å²) in [6.45, 7) is 8.62. The van der Waals surface area contributed by atoms with Crippen LogP contribution in [-0.2, 0) is 4.43 Å². The van der Waals surface area contributed by atoms with Crippen molar-refractivity contribution < 1.29 is 4.43 Å². The van der Waals surface area contributed by atoms with E-state index in [-0.39, 0.29) is 0 Å². The summed E-state index contributed by atoms with van der Waals surface area (Å²) in [6.07, 6.45) is 2.79. The Hall–Kier alpha value is 0.137. The Morgan fingerprint density at radius 3 is 2.42 bits per heavy atom. The third kappa shape index (κ3) is 2.57. The van der Waals surface area contributed by atoms with E-state index in [0.717, 1.165) is 24.4 Å². The lowest BCUT2D eigenvalue weighted by molar-refractivity contribution is 0.282. The van der Waals surface area contributed by atoms with Gasteiger partial charge >= 0.3 is 0 Å². The first-order valence-electron chi connectivity index (χ1n) is 5.08. The molecule has 1 aliphatic heterocycles. The summed E-state index contributed by atoms with van der Waals surface area (Å²) in [5.74, 6) is 0. The Kier molecular flexibility index (Phi) is 4.25. The van der Waals surface area contributed by atoms with Gasteiger partial charge in [0.05, 0.1) is 6.73 Å². The van der Waals surface area contributed by atoms with Crippen molar-refractivity contribution in [1.29, 1.82) is 0 Å². The molecule has 0 aromatic heterocycles. The standard InChI is InChI=1S/C9H21NOSi/c1-4-10-7-11-12-8(2)5-6-9(12)3/h8-10,12H,4-7H2,1-3H3. The second-order valence-electron chi connectivity index (χ2n) is 3.91. The Bertz CT molecular complexity index is 122. The largest absolute Gasteiger partial charge is 0.407 e. The van der Waals surface area contributed by atoms with Crippen molar-refractivity contribution in [3.63, 3.8) is 0 Å². The minimum Gasteiger partial charge on any atom is -0.407 e. The van der Waals surface area contributed by atoms with Crippen LogP contribution in [0.3, 0.4) is 0 Å². The van der Waals surface area contributed by atoms with E-state index in [1.807, 2.05) is 0 Å². The molecule has 2 nitrogen and oxygen atoms in total. The Labute approximate surface area is 77.4 Å². The van der Waals surface area contributed by atoms with Gasteiger partial charge < -0.3 is 4.43 Å². The van der Waals surface area contributed by atoms with Gasteiger partial charge in [0.1, 0.15) is 0 Å². The summed E-state index contributed by atoms with van der Waals surface area (Å²) in [5, 5.41) is 3.23. The summed E-state index contributed by atoms with van der Waals surface area (Å²) in [6, 6.07) is 0. The van der Waals surface area contributed by atoms with Crippen LogP contribution in [0.4, 0.5) is 0 Å². The van der Waals surface area contributed by atoms with E-state index >= 15 is 0 Å². The smallest absolute Gasteiger partial charge is 0.184 e. The first kappa shape index (κ1) is 10.2. The quantitative estimate of drug-likeness (QED) is 0.412. The van der Waals surface area contributed by atoms with Crippen LogP contribution in [0.5, 0.6) is 0 Å². The second kappa shape index (κ2) is 4.99. The molecule has 1 rings (SSSR count). The van der Waals surface area contributed by atoms with Gasteiger partial charge in [-0.2, -0.15) is 0 Å². The molecule has 1 fully saturated rings. The van der Waals surface area contributed by atoms with E-state index < -0.39 is 9.04 Å². The predicted octanol–water partition coefficient (Wildman–Crippen LogP) is 1.87. The van der Waals surface area contributed by atoms with Gasteiger partial charge in [-0.25, -0.2) is 0 Å². The molecule has 2 atom stereocenters. The molecule has 3 heteroatoms. The highest BCUT2D eigenvalue weighted by atomic mass is 28.3. The van der Waals surface area contributed by atoms with Gasteiger partial charge in [0, 0.05) is 0 Å². The van der Waals surface area contributed by atoms with Crippen LogP contribution < -0.4 is 5.32 Å². The molecular formula is C9H21NOSi. The summed E-state index contributed by atoms with van der Waals surface area (Å²) >= 11 is 0. The molecule has 0 aliphatic carbocycles. The molecule has 0 amide bonds. The summed E-state index contributed by atoms with van der Waals surface area (Å²) < 4.78 is 5.90. The van der Waals surface area contributed by atoms with Gasteiger partial charge in [0.15, 0.2) is 9.04 Å². The van der Waals surface area contributed by atoms with Crippen molar-refractivity contribution >= 4 is 9.04 Å². The average Bonchev–Trinajstić information content (AvgIpc) is 2.35. The zero-order chi connectivity index (χ0) is 8.97. The van der Waals surface area contributed by atoms with Gasteiger partial charge in [-0.15, -0.1) is 0 Å². The van der Waals surface area contributed by atoms with Crippen LogP contribution >= 0.6 is 0 Å². The Balaban J connectivity index is 2.20. The van der Waals surface area contributed by atoms with Gasteiger partial charge in [-0.1, -0.05) is 33.6 Å². The molecule has 1 heterocycles. The summed E-state index contributed by atoms with van der Waals surface area (Å²) in [7, 11) is -0.863. The van der Waals surface area contributed by atoms with Crippen molar-refractivity contribution in [2.24, 2.45) is 0 Å². The third-order valence-electron chi connectivity index (χ3n) is 2.83. The van der Waals surface area contributed by atoms with Crippen molar-refractivity contribution in [1.82, 2.24) is 5.32 Å². The van der Waals surface area contributed by atoms with Crippen LogP contribution in [-0.4, -0.2) is 22.3 Å². The van der Waals surface area contributed by atoms with E-state index in [0.29, 0.717) is 0 Å². The minimum atomic E-state index is -0.863. The van der Waals surface area contributed by atoms with Gasteiger partial charge in [0.25, 0.3) is 0 Å². The molecule has 2 unspecified atom stereocenters. The average molecular weight is 187 g/mol. The fraction of sp³-hybridized carbons (Fsp3) is 1.00. The van der Waals surface area contributed by atoms with Crippen molar-refractivity contribution in [3.05, 3.63) is 0 Å². The number of hydrogen-bond acceptors (Lipinski definition) is 2. The van der Waals surface area contributed by atoms with Crippen LogP contribution in [0.15, 0.2) is 0 Å². The molecule has 1 saturated heterocycles. The summed E-state index contributed by atoms with van der Waals surface area (Å²) in [4.78, 5) is 0. The zero-order valence-electron chi connectivity index (χ0n) is 8.47. The highest BCUT2D eigenvalue weighted by Crippen LogP contribution is 2.37. The molecule has 12 heavy (non-hydrogen) atoms. The minimum absolute atomic E-state index is 0.780. The lowest BCUT2D eigenvalue weighted by Crippen LogP contribution is -2.28. The van der Waals surface area contributed by atoms with Crippen molar-refractivity contribution in [3.8, 4) is 0 Å². The second-order valence-corrected chi connectivity index (χ2v) is 7.45. The third-order valence-corrected chi connectivity index (χ3v) is 6.29. The molecule has 1 N–H and O–H groups in total. The number of hydrogen-bond donors (Lipinski definition) is 1. The molecule has 0 aromatic carbocycles. The van der Waals surface area contributed by atoms with Crippen LogP contribution in [0, 0.1) is 0 Å². The molecule has 0 saturated carbocycles. The van der Waals surface area contributed by atoms with E-state index in [1.165, 1.54) is 12.8 Å². The lowest BCUT2D eigenvalue weighted by atomic mass is 10.2. The Morgan fingerprint density at radius 1 is 1.33 bits per heavy atom. The molecule has 1 aliphatic rings. The maximum Gasteiger partial charge on any atom is 0.184 e. The van der Waals surface area contributed by atoms with E-state index in [9.17, 15) is 0 Å². The Morgan fingerprint density at radius 2 is 1.92 bits per heavy atom. The lowest BCUT2D eigenvalue weighted by Gasteiger charge is -2.18. The van der Waals surface area contributed by atoms with Crippen LogP contribution in [0.2, 0.25) is 11.1 Å². The fourth-order valence-corrected chi connectivity index (χ4v) is 5.13. The summed E-state index contributed by atoms with van der Waals surface area (Å²) in [5.41, 5.74) is 1.78. The predicted molar refractivity (Wildman–Crippen MR) is 54.9 cm³/mol. The van der Waals surface area contributed by atoms with Gasteiger partial charge in [-0.05, 0) is 17.6 Å². The topological polar surface area (TPSA) is 21.3 Å². The van der Waals surface area contributed by atoms with Crippen LogP contribution in [0.1, 0.15) is 33.6 Å². The SMILES string of the molecule is CCNCO[SiH]1C(C)CCC1C. The number of rotatable bonds is 4. The highest BCUT2D eigenvalue weighted by Gasteiger charge is 2.32. The van der Waals surface area contributed by atoms with Gasteiger partial charge in [0.2, 0.25) is 0 Å². The molecule has 0 radical (unpaired) electrons. The zero-order valence-corrected chi connectivity index (χ0v) is 9.62. The first-order valence-corrected chi connectivity index (χ1v) is 6.88. The molecule has 72 valence electrons. The maximum atomic E-state index is 5.90. The fourth-order valence-electron chi connectivity index (χ4n) is 2.00. The molecule has 0 bridgehead atoms. The monoisotopic (exact) mass is 187 g/mol. The van der Waals surface area contributed by atoms with Gasteiger partial charge in [-0.3, -0.25) is 5.32 Å². The number of nitrogens with one attached hydrogen (secondary N) is 1. The van der Waals surface area contributed by atoms with Crippen molar-refractivity contribution in [2.75, 3.05) is 13.3 Å².